The van der Waals surface area contributed by atoms with Crippen LogP contribution in [0.15, 0.2) is 102 Å². The minimum absolute atomic E-state index is 0. The highest BCUT2D eigenvalue weighted by atomic mass is 35.5. The first-order chi connectivity index (χ1) is 17.6. The third-order valence-corrected chi connectivity index (χ3v) is 6.21. The number of halogens is 1. The largest absolute Gasteiger partial charge is 0.508 e. The number of rotatable bonds is 7. The zero-order valence-electron chi connectivity index (χ0n) is 20.3. The van der Waals surface area contributed by atoms with Crippen molar-refractivity contribution in [3.63, 3.8) is 0 Å². The number of anilines is 1. The normalized spacial score (nSPS) is 13.3. The van der Waals surface area contributed by atoms with Gasteiger partial charge in [-0.1, -0.05) is 72.8 Å². The van der Waals surface area contributed by atoms with E-state index >= 15 is 0 Å². The Labute approximate surface area is 222 Å². The van der Waals surface area contributed by atoms with E-state index in [1.54, 1.807) is 17.0 Å². The summed E-state index contributed by atoms with van der Waals surface area (Å²) in [4.78, 5) is 15.6. The van der Waals surface area contributed by atoms with E-state index in [4.69, 9.17) is 10.8 Å². The Morgan fingerprint density at radius 2 is 1.59 bits per heavy atom. The van der Waals surface area contributed by atoms with Gasteiger partial charge >= 0.3 is 6.03 Å². The first kappa shape index (κ1) is 25.9. The Hall–Kier alpha value is -4.13. The molecule has 0 saturated carbocycles. The van der Waals surface area contributed by atoms with Crippen LogP contribution < -0.4 is 10.6 Å². The van der Waals surface area contributed by atoms with Crippen LogP contribution in [0.25, 0.3) is 16.8 Å². The lowest BCUT2D eigenvalue weighted by molar-refractivity contribution is 0.206. The fourth-order valence-corrected chi connectivity index (χ4v) is 4.34. The molecule has 0 aromatic heterocycles. The van der Waals surface area contributed by atoms with E-state index in [0.29, 0.717) is 31.8 Å². The van der Waals surface area contributed by atoms with Gasteiger partial charge in [0, 0.05) is 12.1 Å². The lowest BCUT2D eigenvalue weighted by atomic mass is 10.0. The minimum atomic E-state index is -0.183. The van der Waals surface area contributed by atoms with Crippen LogP contribution in [-0.4, -0.2) is 34.9 Å². The zero-order valence-corrected chi connectivity index (χ0v) is 21.1. The van der Waals surface area contributed by atoms with Gasteiger partial charge in [-0.25, -0.2) is 9.80 Å². The number of para-hydroxylation sites is 1. The van der Waals surface area contributed by atoms with Crippen molar-refractivity contribution in [1.82, 2.24) is 5.01 Å². The molecule has 0 aliphatic carbocycles. The molecule has 4 aromatic rings. The quantitative estimate of drug-likeness (QED) is 0.310. The summed E-state index contributed by atoms with van der Waals surface area (Å²) in [6.45, 7) is 1.31. The average Bonchev–Trinajstić information content (AvgIpc) is 3.02. The molecule has 0 bridgehead atoms. The third-order valence-electron chi connectivity index (χ3n) is 6.21. The van der Waals surface area contributed by atoms with Gasteiger partial charge in [-0.3, -0.25) is 4.90 Å². The molecule has 0 atom stereocenters. The number of hydrogen-bond donors (Lipinski definition) is 2. The summed E-state index contributed by atoms with van der Waals surface area (Å²) >= 11 is 0. The number of amides is 2. The number of allylic oxidation sites excluding steroid dienone is 1. The number of carbonyl (C=O) groups is 1. The maximum atomic E-state index is 13.8. The molecular weight excluding hydrogens is 484 g/mol. The monoisotopic (exact) mass is 512 g/mol. The first-order valence-corrected chi connectivity index (χ1v) is 12.0. The summed E-state index contributed by atoms with van der Waals surface area (Å²) in [7, 11) is 0. The van der Waals surface area contributed by atoms with E-state index in [-0.39, 0.29) is 24.2 Å². The molecule has 2 amide bonds. The van der Waals surface area contributed by atoms with Gasteiger partial charge in [0.05, 0.1) is 17.9 Å². The number of hydrazone groups is 1. The summed E-state index contributed by atoms with van der Waals surface area (Å²) in [6.07, 6.45) is 4.48. The number of benzene rings is 4. The summed E-state index contributed by atoms with van der Waals surface area (Å²) in [5, 5.41) is 18.2. The van der Waals surface area contributed by atoms with Crippen LogP contribution in [-0.2, 0) is 6.54 Å². The van der Waals surface area contributed by atoms with Crippen LogP contribution in [0, 0.1) is 0 Å². The molecule has 37 heavy (non-hydrogen) atoms. The van der Waals surface area contributed by atoms with E-state index in [2.05, 4.69) is 30.3 Å². The Morgan fingerprint density at radius 3 is 2.38 bits per heavy atom. The average molecular weight is 513 g/mol. The molecule has 6 nitrogen and oxygen atoms in total. The molecule has 4 aromatic carbocycles. The Morgan fingerprint density at radius 1 is 0.865 bits per heavy atom. The molecule has 7 heteroatoms. The van der Waals surface area contributed by atoms with Crippen LogP contribution >= 0.6 is 12.4 Å². The number of phenolic OH excluding ortho intramolecular Hbond substituents is 1. The van der Waals surface area contributed by atoms with Crippen molar-refractivity contribution in [3.05, 3.63) is 114 Å². The van der Waals surface area contributed by atoms with Gasteiger partial charge in [-0.2, -0.15) is 5.10 Å². The minimum Gasteiger partial charge on any atom is -0.508 e. The van der Waals surface area contributed by atoms with Crippen molar-refractivity contribution in [2.45, 2.75) is 13.0 Å². The highest BCUT2D eigenvalue weighted by Gasteiger charge is 2.29. The maximum absolute atomic E-state index is 13.8. The van der Waals surface area contributed by atoms with Gasteiger partial charge in [0.15, 0.2) is 0 Å². The van der Waals surface area contributed by atoms with Crippen LogP contribution in [0.2, 0.25) is 0 Å². The van der Waals surface area contributed by atoms with Gasteiger partial charge in [-0.15, -0.1) is 12.4 Å². The van der Waals surface area contributed by atoms with Gasteiger partial charge < -0.3 is 10.8 Å². The van der Waals surface area contributed by atoms with Gasteiger partial charge in [0.25, 0.3) is 0 Å². The molecule has 0 unspecified atom stereocenters. The summed E-state index contributed by atoms with van der Waals surface area (Å²) in [5.74, 6) is 0.215. The summed E-state index contributed by atoms with van der Waals surface area (Å²) < 4.78 is 0. The molecule has 1 aliphatic rings. The molecule has 188 valence electrons. The lowest BCUT2D eigenvalue weighted by Crippen LogP contribution is -2.40. The van der Waals surface area contributed by atoms with Gasteiger partial charge in [0.1, 0.15) is 5.75 Å². The van der Waals surface area contributed by atoms with Crippen molar-refractivity contribution in [2.24, 2.45) is 10.8 Å². The van der Waals surface area contributed by atoms with Crippen molar-refractivity contribution in [3.8, 4) is 5.75 Å². The lowest BCUT2D eigenvalue weighted by Gasteiger charge is -2.26. The van der Waals surface area contributed by atoms with Gasteiger partial charge in [0.2, 0.25) is 0 Å². The van der Waals surface area contributed by atoms with E-state index in [1.165, 1.54) is 10.4 Å². The number of phenols is 1. The predicted molar refractivity (Wildman–Crippen MR) is 153 cm³/mol. The molecule has 0 spiro atoms. The Balaban J connectivity index is 0.00000320. The Bertz CT molecular complexity index is 1450. The maximum Gasteiger partial charge on any atom is 0.345 e. The number of carbonyl (C=O) groups excluding carboxylic acids is 1. The molecular formula is C30H29ClN4O2. The summed E-state index contributed by atoms with van der Waals surface area (Å²) in [6, 6.07) is 29.1. The fourth-order valence-electron chi connectivity index (χ4n) is 4.34. The number of urea groups is 1. The molecule has 1 heterocycles. The van der Waals surface area contributed by atoms with E-state index in [1.807, 2.05) is 60.7 Å². The molecule has 0 radical (unpaired) electrons. The molecule has 0 saturated heterocycles. The number of fused-ring (bicyclic) bond motifs is 2. The van der Waals surface area contributed by atoms with E-state index in [9.17, 15) is 9.90 Å². The molecule has 3 N–H and O–H groups in total. The molecule has 0 fully saturated rings. The smallest absolute Gasteiger partial charge is 0.345 e. The zero-order chi connectivity index (χ0) is 24.9. The third kappa shape index (κ3) is 5.82. The fraction of sp³-hybridized carbons (Fsp3) is 0.133. The van der Waals surface area contributed by atoms with Crippen molar-refractivity contribution in [1.29, 1.82) is 0 Å². The van der Waals surface area contributed by atoms with Crippen LogP contribution in [0.1, 0.15) is 23.1 Å². The topological polar surface area (TPSA) is 82.2 Å². The summed E-state index contributed by atoms with van der Waals surface area (Å²) in [5.41, 5.74) is 10.1. The van der Waals surface area contributed by atoms with Gasteiger partial charge in [-0.05, 0) is 65.2 Å². The van der Waals surface area contributed by atoms with Crippen LogP contribution in [0.5, 0.6) is 5.75 Å². The Kier molecular flexibility index (Phi) is 8.23. The number of nitrogens with zero attached hydrogens (tertiary/aromatic N) is 3. The molecule has 1 aliphatic heterocycles. The standard InChI is InChI=1S/C30H28N4O2.ClH/c31-18-5-19-34-30(36)33(21-23-10-14-24-6-1-2-7-25(24)20-23)29-9-4-3-8-27(29)28(32-34)17-13-22-11-15-26(35)16-12-22;/h1-4,6-17,20,35H,5,18-19,21,31H2;1H/b17-13+;. The second-order valence-electron chi connectivity index (χ2n) is 8.74. The van der Waals surface area contributed by atoms with E-state index < -0.39 is 0 Å². The van der Waals surface area contributed by atoms with Crippen molar-refractivity contribution in [2.75, 3.05) is 18.0 Å². The second-order valence-corrected chi connectivity index (χ2v) is 8.74. The van der Waals surface area contributed by atoms with Crippen molar-refractivity contribution >= 4 is 46.7 Å². The van der Waals surface area contributed by atoms with Crippen LogP contribution in [0.4, 0.5) is 10.5 Å². The van der Waals surface area contributed by atoms with Crippen molar-refractivity contribution < 1.29 is 9.90 Å². The molecule has 5 rings (SSSR count). The van der Waals surface area contributed by atoms with E-state index in [0.717, 1.165) is 27.8 Å². The number of hydrogen-bond acceptors (Lipinski definition) is 4. The number of nitrogens with two attached hydrogens (primary N) is 1. The highest BCUT2D eigenvalue weighted by Crippen LogP contribution is 2.29. The first-order valence-electron chi connectivity index (χ1n) is 12.0. The predicted octanol–water partition coefficient (Wildman–Crippen LogP) is 6.18. The SMILES string of the molecule is Cl.NCCCN1N=C(/C=C/c2ccc(O)cc2)c2ccccc2N(Cc2ccc3ccccc3c2)C1=O. The number of aromatic hydroxyl groups is 1. The van der Waals surface area contributed by atoms with Crippen LogP contribution in [0.3, 0.4) is 0 Å². The highest BCUT2D eigenvalue weighted by molar-refractivity contribution is 6.17. The second kappa shape index (κ2) is 11.7.